The van der Waals surface area contributed by atoms with E-state index in [0.717, 1.165) is 26.2 Å². The van der Waals surface area contributed by atoms with Gasteiger partial charge in [-0.2, -0.15) is 5.26 Å². The summed E-state index contributed by atoms with van der Waals surface area (Å²) >= 11 is 0. The normalized spacial score (nSPS) is 12.7. The molecule has 3 nitrogen and oxygen atoms in total. The van der Waals surface area contributed by atoms with Crippen molar-refractivity contribution in [2.45, 2.75) is 52.5 Å². The van der Waals surface area contributed by atoms with Crippen LogP contribution in [0.15, 0.2) is 0 Å². The second-order valence-corrected chi connectivity index (χ2v) is 4.25. The molecule has 0 bridgehead atoms. The summed E-state index contributed by atoms with van der Waals surface area (Å²) in [5, 5.41) is 12.2. The molecule has 0 amide bonds. The summed E-state index contributed by atoms with van der Waals surface area (Å²) in [6.45, 7) is 10.5. The van der Waals surface area contributed by atoms with Crippen molar-refractivity contribution in [1.82, 2.24) is 10.2 Å². The lowest BCUT2D eigenvalue weighted by Gasteiger charge is -2.24. The molecule has 0 fully saturated rings. The van der Waals surface area contributed by atoms with Crippen LogP contribution in [0.2, 0.25) is 0 Å². The standard InChI is InChI=1S/C13H27N3/c1-4-7-9-16(10-8-5-2)12-13(11-14)15-6-3/h13,15H,4-10,12H2,1-3H3. The summed E-state index contributed by atoms with van der Waals surface area (Å²) in [4.78, 5) is 2.42. The van der Waals surface area contributed by atoms with Crippen molar-refractivity contribution in [3.8, 4) is 6.07 Å². The molecule has 0 radical (unpaired) electrons. The number of rotatable bonds is 10. The maximum absolute atomic E-state index is 9.02. The van der Waals surface area contributed by atoms with E-state index in [1.807, 2.05) is 6.92 Å². The van der Waals surface area contributed by atoms with Crippen molar-refractivity contribution in [1.29, 1.82) is 5.26 Å². The van der Waals surface area contributed by atoms with Crippen LogP contribution in [0, 0.1) is 11.3 Å². The highest BCUT2D eigenvalue weighted by Crippen LogP contribution is 2.00. The molecule has 0 aliphatic heterocycles. The van der Waals surface area contributed by atoms with Crippen LogP contribution >= 0.6 is 0 Å². The van der Waals surface area contributed by atoms with Crippen molar-refractivity contribution in [2.75, 3.05) is 26.2 Å². The molecule has 0 aromatic heterocycles. The number of nitrogens with one attached hydrogen (secondary N) is 1. The van der Waals surface area contributed by atoms with Crippen molar-refractivity contribution in [3.63, 3.8) is 0 Å². The van der Waals surface area contributed by atoms with Crippen LogP contribution in [0.5, 0.6) is 0 Å². The second-order valence-electron chi connectivity index (χ2n) is 4.25. The average molecular weight is 225 g/mol. The quantitative estimate of drug-likeness (QED) is 0.620. The van der Waals surface area contributed by atoms with Gasteiger partial charge >= 0.3 is 0 Å². The lowest BCUT2D eigenvalue weighted by molar-refractivity contribution is 0.251. The summed E-state index contributed by atoms with van der Waals surface area (Å²) in [6, 6.07) is 2.32. The highest BCUT2D eigenvalue weighted by Gasteiger charge is 2.11. The van der Waals surface area contributed by atoms with E-state index in [-0.39, 0.29) is 6.04 Å². The molecular formula is C13H27N3. The molecule has 0 heterocycles. The molecule has 0 aromatic carbocycles. The Hall–Kier alpha value is -0.590. The largest absolute Gasteiger partial charge is 0.301 e. The summed E-state index contributed by atoms with van der Waals surface area (Å²) in [6.07, 6.45) is 4.91. The third-order valence-electron chi connectivity index (χ3n) is 2.70. The van der Waals surface area contributed by atoms with Crippen molar-refractivity contribution in [3.05, 3.63) is 0 Å². The van der Waals surface area contributed by atoms with Crippen LogP contribution in [0.3, 0.4) is 0 Å². The number of unbranched alkanes of at least 4 members (excludes halogenated alkanes) is 2. The van der Waals surface area contributed by atoms with E-state index in [1.54, 1.807) is 0 Å². The Kier molecular flexibility index (Phi) is 10.5. The topological polar surface area (TPSA) is 39.1 Å². The zero-order valence-corrected chi connectivity index (χ0v) is 11.1. The first kappa shape index (κ1) is 15.4. The van der Waals surface area contributed by atoms with Crippen LogP contribution in [-0.2, 0) is 0 Å². The number of nitriles is 1. The lowest BCUT2D eigenvalue weighted by atomic mass is 10.2. The number of nitrogens with zero attached hydrogens (tertiary/aromatic N) is 2. The molecule has 16 heavy (non-hydrogen) atoms. The predicted molar refractivity (Wildman–Crippen MR) is 69.3 cm³/mol. The first-order valence-electron chi connectivity index (χ1n) is 6.63. The van der Waals surface area contributed by atoms with Crippen LogP contribution < -0.4 is 5.32 Å². The second kappa shape index (κ2) is 10.9. The van der Waals surface area contributed by atoms with Gasteiger partial charge in [-0.1, -0.05) is 33.6 Å². The van der Waals surface area contributed by atoms with Crippen molar-refractivity contribution in [2.24, 2.45) is 0 Å². The minimum absolute atomic E-state index is 0.0151. The van der Waals surface area contributed by atoms with E-state index in [1.165, 1.54) is 25.7 Å². The lowest BCUT2D eigenvalue weighted by Crippen LogP contribution is -2.41. The Bertz CT molecular complexity index is 178. The van der Waals surface area contributed by atoms with Crippen LogP contribution in [0.25, 0.3) is 0 Å². The van der Waals surface area contributed by atoms with Gasteiger partial charge in [0.25, 0.3) is 0 Å². The van der Waals surface area contributed by atoms with Gasteiger partial charge in [-0.25, -0.2) is 0 Å². The SMILES string of the molecule is CCCCN(CCCC)CC(C#N)NCC. The van der Waals surface area contributed by atoms with E-state index >= 15 is 0 Å². The molecule has 94 valence electrons. The smallest absolute Gasteiger partial charge is 0.108 e. The fraction of sp³-hybridized carbons (Fsp3) is 0.923. The number of likely N-dealkylation sites (N-methyl/N-ethyl adjacent to an activating group) is 1. The van der Waals surface area contributed by atoms with Gasteiger partial charge in [0.05, 0.1) is 6.07 Å². The molecular weight excluding hydrogens is 198 g/mol. The predicted octanol–water partition coefficient (Wildman–Crippen LogP) is 2.39. The maximum Gasteiger partial charge on any atom is 0.108 e. The van der Waals surface area contributed by atoms with Crippen molar-refractivity contribution < 1.29 is 0 Å². The van der Waals surface area contributed by atoms with E-state index < -0.39 is 0 Å². The van der Waals surface area contributed by atoms with Gasteiger partial charge < -0.3 is 10.2 Å². The first-order valence-corrected chi connectivity index (χ1v) is 6.63. The molecule has 0 aliphatic carbocycles. The third-order valence-corrected chi connectivity index (χ3v) is 2.70. The van der Waals surface area contributed by atoms with Gasteiger partial charge in [0.15, 0.2) is 0 Å². The summed E-state index contributed by atoms with van der Waals surface area (Å²) in [5.41, 5.74) is 0. The molecule has 0 saturated heterocycles. The van der Waals surface area contributed by atoms with E-state index in [0.29, 0.717) is 0 Å². The minimum atomic E-state index is -0.0151. The van der Waals surface area contributed by atoms with E-state index in [2.05, 4.69) is 30.1 Å². The van der Waals surface area contributed by atoms with Crippen LogP contribution in [0.1, 0.15) is 46.5 Å². The van der Waals surface area contributed by atoms with Gasteiger partial charge in [-0.05, 0) is 32.5 Å². The molecule has 0 rings (SSSR count). The minimum Gasteiger partial charge on any atom is -0.301 e. The fourth-order valence-electron chi connectivity index (χ4n) is 1.71. The number of hydrogen-bond acceptors (Lipinski definition) is 3. The number of hydrogen-bond donors (Lipinski definition) is 1. The van der Waals surface area contributed by atoms with E-state index in [9.17, 15) is 0 Å². The molecule has 1 unspecified atom stereocenters. The Labute approximate surface area is 101 Å². The molecule has 0 aliphatic rings. The van der Waals surface area contributed by atoms with Gasteiger partial charge in [-0.15, -0.1) is 0 Å². The highest BCUT2D eigenvalue weighted by molar-refractivity contribution is 4.91. The van der Waals surface area contributed by atoms with Gasteiger partial charge in [0.1, 0.15) is 6.04 Å². The summed E-state index contributed by atoms with van der Waals surface area (Å²) in [5.74, 6) is 0. The monoisotopic (exact) mass is 225 g/mol. The Morgan fingerprint density at radius 1 is 1.12 bits per heavy atom. The zero-order valence-electron chi connectivity index (χ0n) is 11.1. The average Bonchev–Trinajstić information content (AvgIpc) is 2.31. The van der Waals surface area contributed by atoms with Gasteiger partial charge in [0, 0.05) is 6.54 Å². The van der Waals surface area contributed by atoms with Gasteiger partial charge in [-0.3, -0.25) is 0 Å². The molecule has 1 atom stereocenters. The summed E-state index contributed by atoms with van der Waals surface area (Å²) < 4.78 is 0. The fourth-order valence-corrected chi connectivity index (χ4v) is 1.71. The molecule has 0 saturated carbocycles. The van der Waals surface area contributed by atoms with Crippen LogP contribution in [0.4, 0.5) is 0 Å². The molecule has 1 N–H and O–H groups in total. The van der Waals surface area contributed by atoms with Crippen LogP contribution in [-0.4, -0.2) is 37.1 Å². The van der Waals surface area contributed by atoms with E-state index in [4.69, 9.17) is 5.26 Å². The molecule has 0 spiro atoms. The third kappa shape index (κ3) is 7.67. The molecule has 0 aromatic rings. The zero-order chi connectivity index (χ0) is 12.2. The summed E-state index contributed by atoms with van der Waals surface area (Å²) in [7, 11) is 0. The maximum atomic E-state index is 9.02. The van der Waals surface area contributed by atoms with Crippen molar-refractivity contribution >= 4 is 0 Å². The highest BCUT2D eigenvalue weighted by atomic mass is 15.1. The Morgan fingerprint density at radius 3 is 2.06 bits per heavy atom. The van der Waals surface area contributed by atoms with Gasteiger partial charge in [0.2, 0.25) is 0 Å². The first-order chi connectivity index (χ1) is 7.78. The molecule has 3 heteroatoms. The Morgan fingerprint density at radius 2 is 1.69 bits per heavy atom. The Balaban J connectivity index is 4.00.